The second-order valence-electron chi connectivity index (χ2n) is 8.21. The van der Waals surface area contributed by atoms with Gasteiger partial charge in [0.05, 0.1) is 18.2 Å². The SMILES string of the molecule is CC[Si](CC)(CC)OC(C)(c1ccc(F)cc1)C(F)(F)CCOc1c(F)cc(OC)c(Br)c1F. The topological polar surface area (TPSA) is 27.7 Å². The Balaban J connectivity index is 2.37. The van der Waals surface area contributed by atoms with Crippen LogP contribution in [0.3, 0.4) is 0 Å². The van der Waals surface area contributed by atoms with E-state index in [9.17, 15) is 13.2 Å². The molecule has 0 aliphatic rings. The molecule has 0 N–H and O–H groups in total. The number of ether oxygens (including phenoxy) is 2. The molecule has 0 aromatic heterocycles. The third kappa shape index (κ3) is 5.76. The lowest BCUT2D eigenvalue weighted by Crippen LogP contribution is -2.53. The highest BCUT2D eigenvalue weighted by molar-refractivity contribution is 9.10. The quantitative estimate of drug-likeness (QED) is 0.147. The number of alkyl halides is 2. The van der Waals surface area contributed by atoms with Gasteiger partial charge in [0.1, 0.15) is 17.2 Å². The van der Waals surface area contributed by atoms with Gasteiger partial charge in [0.15, 0.2) is 25.7 Å². The zero-order valence-corrected chi connectivity index (χ0v) is 22.5. The first-order chi connectivity index (χ1) is 15.9. The van der Waals surface area contributed by atoms with Gasteiger partial charge in [0.2, 0.25) is 0 Å². The normalized spacial score (nSPS) is 14.1. The minimum absolute atomic E-state index is 0.0926. The van der Waals surface area contributed by atoms with Crippen LogP contribution in [-0.2, 0) is 10.0 Å². The van der Waals surface area contributed by atoms with Gasteiger partial charge in [-0.1, -0.05) is 32.9 Å². The van der Waals surface area contributed by atoms with E-state index in [1.165, 1.54) is 26.2 Å². The lowest BCUT2D eigenvalue weighted by atomic mass is 9.87. The van der Waals surface area contributed by atoms with Crippen LogP contribution in [0.15, 0.2) is 34.8 Å². The second-order valence-corrected chi connectivity index (χ2v) is 13.7. The molecule has 190 valence electrons. The van der Waals surface area contributed by atoms with Gasteiger partial charge in [0, 0.05) is 12.5 Å². The predicted octanol–water partition coefficient (Wildman–Crippen LogP) is 8.22. The van der Waals surface area contributed by atoms with Crippen molar-refractivity contribution >= 4 is 24.2 Å². The summed E-state index contributed by atoms with van der Waals surface area (Å²) in [5, 5.41) is 0. The highest BCUT2D eigenvalue weighted by Crippen LogP contribution is 2.47. The molecule has 0 saturated heterocycles. The van der Waals surface area contributed by atoms with E-state index in [4.69, 9.17) is 13.9 Å². The van der Waals surface area contributed by atoms with Gasteiger partial charge >= 0.3 is 0 Å². The fourth-order valence-electron chi connectivity index (χ4n) is 3.87. The van der Waals surface area contributed by atoms with Crippen molar-refractivity contribution in [3.63, 3.8) is 0 Å². The van der Waals surface area contributed by atoms with Gasteiger partial charge in [-0.05, 0) is 58.7 Å². The van der Waals surface area contributed by atoms with Crippen LogP contribution in [0.5, 0.6) is 11.5 Å². The summed E-state index contributed by atoms with van der Waals surface area (Å²) in [5.41, 5.74) is -1.97. The summed E-state index contributed by atoms with van der Waals surface area (Å²) in [7, 11) is -1.31. The summed E-state index contributed by atoms with van der Waals surface area (Å²) in [6.07, 6.45) is -0.884. The fraction of sp³-hybridized carbons (Fsp3) is 0.500. The van der Waals surface area contributed by atoms with Gasteiger partial charge in [-0.2, -0.15) is 0 Å². The first-order valence-electron chi connectivity index (χ1n) is 11.1. The Bertz CT molecular complexity index is 962. The summed E-state index contributed by atoms with van der Waals surface area (Å²) in [4.78, 5) is 0. The summed E-state index contributed by atoms with van der Waals surface area (Å²) < 4.78 is 90.0. The molecule has 2 aromatic carbocycles. The van der Waals surface area contributed by atoms with Crippen LogP contribution in [0, 0.1) is 17.5 Å². The van der Waals surface area contributed by atoms with Crippen molar-refractivity contribution in [2.75, 3.05) is 13.7 Å². The van der Waals surface area contributed by atoms with Crippen molar-refractivity contribution in [2.45, 2.75) is 63.8 Å². The highest BCUT2D eigenvalue weighted by Gasteiger charge is 2.55. The number of hydrogen-bond acceptors (Lipinski definition) is 3. The molecule has 1 unspecified atom stereocenters. The Kier molecular flexibility index (Phi) is 9.57. The molecular formula is C24H30BrF5O3Si. The molecule has 2 rings (SSSR count). The van der Waals surface area contributed by atoms with E-state index >= 15 is 8.78 Å². The van der Waals surface area contributed by atoms with Crippen molar-refractivity contribution in [2.24, 2.45) is 0 Å². The van der Waals surface area contributed by atoms with Crippen molar-refractivity contribution < 1.29 is 35.9 Å². The molecule has 0 bridgehead atoms. The monoisotopic (exact) mass is 568 g/mol. The smallest absolute Gasteiger partial charge is 0.282 e. The van der Waals surface area contributed by atoms with Crippen LogP contribution in [0.1, 0.15) is 39.7 Å². The number of rotatable bonds is 12. The summed E-state index contributed by atoms with van der Waals surface area (Å²) >= 11 is 2.94. The van der Waals surface area contributed by atoms with Crippen LogP contribution in [0.2, 0.25) is 18.1 Å². The maximum absolute atomic E-state index is 15.8. The third-order valence-electron chi connectivity index (χ3n) is 6.41. The summed E-state index contributed by atoms with van der Waals surface area (Å²) in [6.45, 7) is 6.35. The van der Waals surface area contributed by atoms with Crippen LogP contribution in [0.25, 0.3) is 0 Å². The van der Waals surface area contributed by atoms with E-state index in [-0.39, 0.29) is 15.8 Å². The number of methoxy groups -OCH3 is 1. The van der Waals surface area contributed by atoms with Gasteiger partial charge in [-0.25, -0.2) is 22.0 Å². The fourth-order valence-corrected chi connectivity index (χ4v) is 7.39. The number of halogens is 6. The van der Waals surface area contributed by atoms with Crippen LogP contribution in [0.4, 0.5) is 22.0 Å². The predicted molar refractivity (Wildman–Crippen MR) is 128 cm³/mol. The van der Waals surface area contributed by atoms with Gasteiger partial charge in [-0.15, -0.1) is 0 Å². The molecule has 10 heteroatoms. The first kappa shape index (κ1) is 28.6. The molecule has 2 aromatic rings. The molecule has 1 atom stereocenters. The van der Waals surface area contributed by atoms with Crippen molar-refractivity contribution in [3.05, 3.63) is 57.8 Å². The number of hydrogen-bond donors (Lipinski definition) is 0. The maximum Gasteiger partial charge on any atom is 0.282 e. The van der Waals surface area contributed by atoms with Crippen LogP contribution < -0.4 is 9.47 Å². The molecule has 0 aliphatic heterocycles. The van der Waals surface area contributed by atoms with Crippen LogP contribution >= 0.6 is 15.9 Å². The Hall–Kier alpha value is -1.65. The third-order valence-corrected chi connectivity index (χ3v) is 11.9. The van der Waals surface area contributed by atoms with Crippen molar-refractivity contribution in [1.29, 1.82) is 0 Å². The molecule has 0 spiro atoms. The van der Waals surface area contributed by atoms with E-state index in [1.54, 1.807) is 0 Å². The lowest BCUT2D eigenvalue weighted by Gasteiger charge is -2.45. The van der Waals surface area contributed by atoms with E-state index in [1.807, 2.05) is 20.8 Å². The van der Waals surface area contributed by atoms with E-state index in [0.717, 1.165) is 18.2 Å². The first-order valence-corrected chi connectivity index (χ1v) is 14.4. The number of benzene rings is 2. The molecule has 34 heavy (non-hydrogen) atoms. The highest BCUT2D eigenvalue weighted by atomic mass is 79.9. The lowest BCUT2D eigenvalue weighted by molar-refractivity contribution is -0.175. The zero-order valence-electron chi connectivity index (χ0n) is 19.9. The Morgan fingerprint density at radius 3 is 2.03 bits per heavy atom. The van der Waals surface area contributed by atoms with Gasteiger partial charge < -0.3 is 13.9 Å². The van der Waals surface area contributed by atoms with E-state index in [2.05, 4.69) is 15.9 Å². The molecule has 3 nitrogen and oxygen atoms in total. The molecule has 0 saturated carbocycles. The maximum atomic E-state index is 15.8. The minimum Gasteiger partial charge on any atom is -0.495 e. The Morgan fingerprint density at radius 1 is 0.971 bits per heavy atom. The van der Waals surface area contributed by atoms with Gasteiger partial charge in [-0.3, -0.25) is 0 Å². The average molecular weight is 569 g/mol. The molecule has 0 amide bonds. The molecule has 0 aliphatic carbocycles. The second kappa shape index (κ2) is 11.4. The summed E-state index contributed by atoms with van der Waals surface area (Å²) in [6, 6.07) is 7.55. The van der Waals surface area contributed by atoms with E-state index < -0.39 is 56.1 Å². The Labute approximate surface area is 206 Å². The zero-order chi connectivity index (χ0) is 25.7. The minimum atomic E-state index is -3.50. The molecule has 0 fully saturated rings. The molecule has 0 radical (unpaired) electrons. The molecular weight excluding hydrogens is 539 g/mol. The average Bonchev–Trinajstić information content (AvgIpc) is 2.82. The standard InChI is InChI=1S/C24H30BrF5O3Si/c1-6-34(7-2,8-3)33-23(4,16-9-11-17(26)12-10-16)24(29,30)13-14-32-22-18(27)15-19(31-5)20(25)21(22)28/h9-12,15H,6-8,13-14H2,1-5H3. The summed E-state index contributed by atoms with van der Waals surface area (Å²) in [5.74, 6) is -7.10. The van der Waals surface area contributed by atoms with Crippen LogP contribution in [-0.4, -0.2) is 28.0 Å². The van der Waals surface area contributed by atoms with E-state index in [0.29, 0.717) is 18.1 Å². The van der Waals surface area contributed by atoms with Crippen molar-refractivity contribution in [3.8, 4) is 11.5 Å². The molecule has 0 heterocycles. The van der Waals surface area contributed by atoms with Crippen molar-refractivity contribution in [1.82, 2.24) is 0 Å². The largest absolute Gasteiger partial charge is 0.495 e. The van der Waals surface area contributed by atoms with Gasteiger partial charge in [0.25, 0.3) is 5.92 Å². The Morgan fingerprint density at radius 2 is 1.53 bits per heavy atom.